The maximum Gasteiger partial charge on any atom is 0.337 e. The molecule has 0 saturated carbocycles. The van der Waals surface area contributed by atoms with Gasteiger partial charge >= 0.3 is 5.97 Å². The Bertz CT molecular complexity index is 768. The lowest BCUT2D eigenvalue weighted by molar-refractivity contribution is 0.0601. The van der Waals surface area contributed by atoms with E-state index in [2.05, 4.69) is 10.6 Å². The van der Waals surface area contributed by atoms with Crippen LogP contribution in [0.4, 0.5) is 5.69 Å². The van der Waals surface area contributed by atoms with Crippen molar-refractivity contribution in [2.75, 3.05) is 19.0 Å². The second kappa shape index (κ2) is 9.61. The van der Waals surface area contributed by atoms with Gasteiger partial charge in [0.15, 0.2) is 5.11 Å². The highest BCUT2D eigenvalue weighted by Gasteiger charge is 2.10. The van der Waals surface area contributed by atoms with Crippen molar-refractivity contribution in [3.63, 3.8) is 0 Å². The zero-order valence-corrected chi connectivity index (χ0v) is 16.0. The van der Waals surface area contributed by atoms with Crippen LogP contribution in [0.25, 0.3) is 0 Å². The predicted molar refractivity (Wildman–Crippen MR) is 107 cm³/mol. The van der Waals surface area contributed by atoms with Gasteiger partial charge in [0.1, 0.15) is 0 Å². The number of carbonyl (C=O) groups is 1. The molecule has 0 saturated heterocycles. The fourth-order valence-corrected chi connectivity index (χ4v) is 2.82. The summed E-state index contributed by atoms with van der Waals surface area (Å²) in [5.74, 6) is -0.432. The van der Waals surface area contributed by atoms with Gasteiger partial charge in [-0.05, 0) is 54.9 Å². The van der Waals surface area contributed by atoms with E-state index in [1.165, 1.54) is 7.11 Å². The second-order valence-electron chi connectivity index (χ2n) is 5.26. The van der Waals surface area contributed by atoms with E-state index in [0.717, 1.165) is 23.4 Å². The van der Waals surface area contributed by atoms with Crippen LogP contribution < -0.4 is 10.6 Å². The average Bonchev–Trinajstić information content (AvgIpc) is 2.61. The van der Waals surface area contributed by atoms with E-state index < -0.39 is 5.97 Å². The summed E-state index contributed by atoms with van der Waals surface area (Å²) in [6.07, 6.45) is 1.73. The van der Waals surface area contributed by atoms with Crippen molar-refractivity contribution in [1.29, 1.82) is 0 Å². The number of hydrogen-bond acceptors (Lipinski definition) is 3. The van der Waals surface area contributed by atoms with Crippen molar-refractivity contribution in [2.24, 2.45) is 0 Å². The SMILES string of the molecule is COC(=O)c1ccc(Cl)c(NC(=S)NCCCc2ccccc2Cl)c1. The summed E-state index contributed by atoms with van der Waals surface area (Å²) >= 11 is 17.5. The summed E-state index contributed by atoms with van der Waals surface area (Å²) in [5, 5.41) is 7.78. The number of hydrogen-bond donors (Lipinski definition) is 2. The molecule has 7 heteroatoms. The lowest BCUT2D eigenvalue weighted by Gasteiger charge is -2.13. The van der Waals surface area contributed by atoms with Crippen LogP contribution in [0.2, 0.25) is 10.0 Å². The lowest BCUT2D eigenvalue weighted by atomic mass is 10.1. The third-order valence-electron chi connectivity index (χ3n) is 3.50. The molecule has 0 atom stereocenters. The van der Waals surface area contributed by atoms with Gasteiger partial charge in [-0.1, -0.05) is 41.4 Å². The van der Waals surface area contributed by atoms with E-state index in [-0.39, 0.29) is 0 Å². The summed E-state index contributed by atoms with van der Waals surface area (Å²) < 4.78 is 4.70. The zero-order valence-electron chi connectivity index (χ0n) is 13.6. The Morgan fingerprint density at radius 1 is 1.16 bits per heavy atom. The Kier molecular flexibility index (Phi) is 7.50. The van der Waals surface area contributed by atoms with Gasteiger partial charge in [-0.3, -0.25) is 0 Å². The quantitative estimate of drug-likeness (QED) is 0.421. The number of esters is 1. The van der Waals surface area contributed by atoms with Crippen molar-refractivity contribution in [2.45, 2.75) is 12.8 Å². The average molecular weight is 397 g/mol. The van der Waals surface area contributed by atoms with Crippen LogP contribution in [-0.2, 0) is 11.2 Å². The monoisotopic (exact) mass is 396 g/mol. The summed E-state index contributed by atoms with van der Waals surface area (Å²) in [5.41, 5.74) is 2.06. The smallest absolute Gasteiger partial charge is 0.337 e. The normalized spacial score (nSPS) is 10.2. The van der Waals surface area contributed by atoms with E-state index in [4.69, 9.17) is 40.2 Å². The molecule has 132 valence electrons. The van der Waals surface area contributed by atoms with Crippen LogP contribution in [-0.4, -0.2) is 24.7 Å². The van der Waals surface area contributed by atoms with E-state index in [1.54, 1.807) is 18.2 Å². The van der Waals surface area contributed by atoms with Crippen LogP contribution in [0.1, 0.15) is 22.3 Å². The van der Waals surface area contributed by atoms with Gasteiger partial charge in [-0.2, -0.15) is 0 Å². The molecule has 2 rings (SSSR count). The third kappa shape index (κ3) is 5.88. The molecule has 2 N–H and O–H groups in total. The molecule has 0 aliphatic heterocycles. The minimum absolute atomic E-state index is 0.399. The van der Waals surface area contributed by atoms with Gasteiger partial charge in [0.05, 0.1) is 23.4 Å². The van der Waals surface area contributed by atoms with Crippen LogP contribution in [0.5, 0.6) is 0 Å². The van der Waals surface area contributed by atoms with Crippen molar-refractivity contribution < 1.29 is 9.53 Å². The topological polar surface area (TPSA) is 50.4 Å². The molecule has 2 aromatic rings. The number of nitrogens with one attached hydrogen (secondary N) is 2. The van der Waals surface area contributed by atoms with Gasteiger partial charge in [-0.25, -0.2) is 4.79 Å². The van der Waals surface area contributed by atoms with Gasteiger partial charge in [0.25, 0.3) is 0 Å². The fraction of sp³-hybridized carbons (Fsp3) is 0.222. The van der Waals surface area contributed by atoms with Gasteiger partial charge in [-0.15, -0.1) is 0 Å². The zero-order chi connectivity index (χ0) is 18.2. The van der Waals surface area contributed by atoms with Crippen molar-refractivity contribution >= 4 is 52.2 Å². The number of halogens is 2. The first-order valence-electron chi connectivity index (χ1n) is 7.67. The number of anilines is 1. The highest BCUT2D eigenvalue weighted by Crippen LogP contribution is 2.23. The molecule has 4 nitrogen and oxygen atoms in total. The van der Waals surface area contributed by atoms with E-state index in [1.807, 2.05) is 24.3 Å². The molecule has 0 aliphatic carbocycles. The first kappa shape index (κ1) is 19.5. The number of rotatable bonds is 6. The molecule has 0 aromatic heterocycles. The van der Waals surface area contributed by atoms with Crippen molar-refractivity contribution in [1.82, 2.24) is 5.32 Å². The summed E-state index contributed by atoms with van der Waals surface area (Å²) in [6.45, 7) is 0.686. The standard InChI is InChI=1S/C18H18Cl2N2O2S/c1-24-17(23)13-8-9-15(20)16(11-13)22-18(25)21-10-4-6-12-5-2-3-7-14(12)19/h2-3,5,7-9,11H,4,6,10H2,1H3,(H2,21,22,25). The number of benzene rings is 2. The molecule has 25 heavy (non-hydrogen) atoms. The Labute approximate surface area is 162 Å². The molecule has 2 aromatic carbocycles. The highest BCUT2D eigenvalue weighted by molar-refractivity contribution is 7.80. The van der Waals surface area contributed by atoms with Crippen molar-refractivity contribution in [3.8, 4) is 0 Å². The first-order chi connectivity index (χ1) is 12.0. The molecule has 0 amide bonds. The van der Waals surface area contributed by atoms with E-state index in [9.17, 15) is 4.79 Å². The molecule has 0 spiro atoms. The lowest BCUT2D eigenvalue weighted by Crippen LogP contribution is -2.29. The third-order valence-corrected chi connectivity index (χ3v) is 4.45. The largest absolute Gasteiger partial charge is 0.465 e. The molecule has 0 heterocycles. The van der Waals surface area contributed by atoms with Crippen LogP contribution >= 0.6 is 35.4 Å². The number of aryl methyl sites for hydroxylation is 1. The van der Waals surface area contributed by atoms with Crippen LogP contribution in [0, 0.1) is 0 Å². The molecule has 0 bridgehead atoms. The second-order valence-corrected chi connectivity index (χ2v) is 6.48. The Hall–Kier alpha value is -1.82. The Morgan fingerprint density at radius 3 is 2.64 bits per heavy atom. The molecule has 0 unspecified atom stereocenters. The van der Waals surface area contributed by atoms with E-state index >= 15 is 0 Å². The molecular formula is C18H18Cl2N2O2S. The minimum atomic E-state index is -0.432. The van der Waals surface area contributed by atoms with Gasteiger partial charge in [0, 0.05) is 11.6 Å². The van der Waals surface area contributed by atoms with Crippen LogP contribution in [0.3, 0.4) is 0 Å². The maximum absolute atomic E-state index is 11.6. The number of carbonyl (C=O) groups excluding carboxylic acids is 1. The highest BCUT2D eigenvalue weighted by atomic mass is 35.5. The Balaban J connectivity index is 1.84. The van der Waals surface area contributed by atoms with E-state index in [0.29, 0.717) is 27.9 Å². The molecule has 0 aliphatic rings. The summed E-state index contributed by atoms with van der Waals surface area (Å²) in [4.78, 5) is 11.6. The number of ether oxygens (including phenoxy) is 1. The first-order valence-corrected chi connectivity index (χ1v) is 8.84. The van der Waals surface area contributed by atoms with Crippen molar-refractivity contribution in [3.05, 3.63) is 63.6 Å². The van der Waals surface area contributed by atoms with Gasteiger partial charge in [0.2, 0.25) is 0 Å². The fourth-order valence-electron chi connectivity index (χ4n) is 2.21. The predicted octanol–water partition coefficient (Wildman–Crippen LogP) is 4.70. The summed E-state index contributed by atoms with van der Waals surface area (Å²) in [7, 11) is 1.33. The number of thiocarbonyl (C=S) groups is 1. The van der Waals surface area contributed by atoms with Gasteiger partial charge < -0.3 is 15.4 Å². The number of methoxy groups -OCH3 is 1. The summed E-state index contributed by atoms with van der Waals surface area (Å²) in [6, 6.07) is 12.6. The minimum Gasteiger partial charge on any atom is -0.465 e. The maximum atomic E-state index is 11.6. The molecule has 0 radical (unpaired) electrons. The van der Waals surface area contributed by atoms with Crippen LogP contribution in [0.15, 0.2) is 42.5 Å². The molecule has 0 fully saturated rings. The molecular weight excluding hydrogens is 379 g/mol. The Morgan fingerprint density at radius 2 is 1.92 bits per heavy atom.